The summed E-state index contributed by atoms with van der Waals surface area (Å²) in [5, 5.41) is 0. The quantitative estimate of drug-likeness (QED) is 0.103. The third kappa shape index (κ3) is 11.2. The molecule has 0 aromatic heterocycles. The number of hydrogen-bond acceptors (Lipinski definition) is 8. The molecule has 0 saturated carbocycles. The normalized spacial score (nSPS) is 16.0. The van der Waals surface area contributed by atoms with Gasteiger partial charge < -0.3 is 28.4 Å². The van der Waals surface area contributed by atoms with Crippen LogP contribution in [0, 0.1) is 10.8 Å². The molecule has 4 aromatic rings. The lowest BCUT2D eigenvalue weighted by molar-refractivity contribution is -0.143. The van der Waals surface area contributed by atoms with E-state index in [0.717, 1.165) is 87.2 Å². The van der Waals surface area contributed by atoms with Crippen molar-refractivity contribution in [3.63, 3.8) is 0 Å². The van der Waals surface area contributed by atoms with E-state index in [1.807, 2.05) is 65.8 Å². The maximum atomic E-state index is 12.2. The standard InChI is InChI=1S/2C26H34O4/c2*1-7-8-19-15-23(28-5)24(29-6)16-22(19)20-10-9-18-14-21(12-11-17(18)13-20)30-25(27)26(2,3)4/h2*11-12,14-16,20H,7-10,13H2,1-6H3/t2*20-/m10/s1. The van der Waals surface area contributed by atoms with E-state index in [1.54, 1.807) is 28.4 Å². The van der Waals surface area contributed by atoms with Crippen LogP contribution in [0.4, 0.5) is 0 Å². The molecule has 2 aliphatic rings. The number of esters is 2. The molecule has 0 fully saturated rings. The first kappa shape index (κ1) is 46.1. The Morgan fingerprint density at radius 2 is 0.867 bits per heavy atom. The van der Waals surface area contributed by atoms with Crippen LogP contribution in [0.2, 0.25) is 0 Å². The highest BCUT2D eigenvalue weighted by atomic mass is 16.5. The zero-order valence-electron chi connectivity index (χ0n) is 38.3. The molecule has 8 heteroatoms. The molecule has 2 atom stereocenters. The number of rotatable bonds is 12. The van der Waals surface area contributed by atoms with Crippen LogP contribution >= 0.6 is 0 Å². The molecule has 0 radical (unpaired) electrons. The highest BCUT2D eigenvalue weighted by Gasteiger charge is 2.29. The molecule has 0 N–H and O–H groups in total. The van der Waals surface area contributed by atoms with Gasteiger partial charge in [-0.05, 0) is 198 Å². The van der Waals surface area contributed by atoms with Crippen molar-refractivity contribution in [2.75, 3.05) is 28.4 Å². The van der Waals surface area contributed by atoms with Crippen LogP contribution in [0.1, 0.15) is 137 Å². The summed E-state index contributed by atoms with van der Waals surface area (Å²) in [5.74, 6) is 4.96. The summed E-state index contributed by atoms with van der Waals surface area (Å²) >= 11 is 0. The predicted octanol–water partition coefficient (Wildman–Crippen LogP) is 11.8. The molecular weight excluding hydrogens is 753 g/mol. The van der Waals surface area contributed by atoms with Crippen molar-refractivity contribution >= 4 is 11.9 Å². The van der Waals surface area contributed by atoms with E-state index in [4.69, 9.17) is 28.4 Å². The van der Waals surface area contributed by atoms with Gasteiger partial charge in [-0.1, -0.05) is 38.8 Å². The fraction of sp³-hybridized carbons (Fsp3) is 0.500. The van der Waals surface area contributed by atoms with Gasteiger partial charge in [-0.3, -0.25) is 9.59 Å². The van der Waals surface area contributed by atoms with Crippen LogP contribution in [-0.4, -0.2) is 40.4 Å². The topological polar surface area (TPSA) is 89.5 Å². The Morgan fingerprint density at radius 3 is 1.18 bits per heavy atom. The Labute approximate surface area is 359 Å². The van der Waals surface area contributed by atoms with E-state index < -0.39 is 10.8 Å². The van der Waals surface area contributed by atoms with E-state index >= 15 is 0 Å². The first-order chi connectivity index (χ1) is 28.5. The highest BCUT2D eigenvalue weighted by molar-refractivity contribution is 5.78. The summed E-state index contributed by atoms with van der Waals surface area (Å²) in [6.45, 7) is 15.6. The second-order valence-electron chi connectivity index (χ2n) is 18.3. The van der Waals surface area contributed by atoms with Gasteiger partial charge >= 0.3 is 11.9 Å². The predicted molar refractivity (Wildman–Crippen MR) is 240 cm³/mol. The van der Waals surface area contributed by atoms with Crippen LogP contribution in [0.3, 0.4) is 0 Å². The smallest absolute Gasteiger partial charge is 0.316 e. The Kier molecular flexibility index (Phi) is 15.4. The molecule has 0 heterocycles. The Bertz CT molecular complexity index is 1970. The van der Waals surface area contributed by atoms with Gasteiger partial charge in [0.1, 0.15) is 11.5 Å². The van der Waals surface area contributed by atoms with Gasteiger partial charge in [0.2, 0.25) is 0 Å². The molecule has 0 unspecified atom stereocenters. The monoisotopic (exact) mass is 820 g/mol. The van der Waals surface area contributed by atoms with Gasteiger partial charge in [-0.2, -0.15) is 0 Å². The van der Waals surface area contributed by atoms with Crippen molar-refractivity contribution in [2.24, 2.45) is 10.8 Å². The number of methoxy groups -OCH3 is 4. The molecule has 0 spiro atoms. The van der Waals surface area contributed by atoms with Crippen LogP contribution in [0.5, 0.6) is 34.5 Å². The summed E-state index contributed by atoms with van der Waals surface area (Å²) < 4.78 is 33.4. The fourth-order valence-electron chi connectivity index (χ4n) is 8.25. The van der Waals surface area contributed by atoms with E-state index in [0.29, 0.717) is 23.3 Å². The minimum absolute atomic E-state index is 0.203. The van der Waals surface area contributed by atoms with Crippen molar-refractivity contribution in [3.05, 3.63) is 105 Å². The number of benzene rings is 4. The third-order valence-electron chi connectivity index (χ3n) is 11.7. The van der Waals surface area contributed by atoms with Crippen molar-refractivity contribution < 1.29 is 38.0 Å². The van der Waals surface area contributed by atoms with Gasteiger partial charge in [0.05, 0.1) is 39.3 Å². The summed E-state index contributed by atoms with van der Waals surface area (Å²) in [6, 6.07) is 20.8. The average Bonchev–Trinajstić information content (AvgIpc) is 3.22. The maximum absolute atomic E-state index is 12.2. The largest absolute Gasteiger partial charge is 0.493 e. The molecule has 0 amide bonds. The fourth-order valence-corrected chi connectivity index (χ4v) is 8.25. The van der Waals surface area contributed by atoms with Crippen molar-refractivity contribution in [2.45, 2.75) is 131 Å². The summed E-state index contributed by atoms with van der Waals surface area (Å²) in [6.07, 6.45) is 10.3. The second-order valence-corrected chi connectivity index (χ2v) is 18.3. The van der Waals surface area contributed by atoms with Crippen LogP contribution in [0.15, 0.2) is 60.7 Å². The van der Waals surface area contributed by atoms with E-state index in [9.17, 15) is 9.59 Å². The van der Waals surface area contributed by atoms with Crippen molar-refractivity contribution in [1.29, 1.82) is 0 Å². The Morgan fingerprint density at radius 1 is 0.517 bits per heavy atom. The first-order valence-electron chi connectivity index (χ1n) is 21.7. The minimum atomic E-state index is -0.510. The SMILES string of the molecule is CCCc1cc(OC)c(OC)cc1[C@@H]1CCc2cc(OC(=O)C(C)(C)C)ccc2C1.CCCc1cc(OC)c(OC)cc1[C@H]1CCc2cc(OC(=O)C(C)(C)C)ccc2C1. The lowest BCUT2D eigenvalue weighted by atomic mass is 9.78. The zero-order valence-corrected chi connectivity index (χ0v) is 38.3. The van der Waals surface area contributed by atoms with Gasteiger partial charge in [-0.15, -0.1) is 0 Å². The number of carbonyl (C=O) groups is 2. The number of aryl methyl sites for hydroxylation is 4. The number of fused-ring (bicyclic) bond motifs is 2. The van der Waals surface area contributed by atoms with E-state index in [-0.39, 0.29) is 11.9 Å². The molecule has 324 valence electrons. The number of carbonyl (C=O) groups excluding carboxylic acids is 2. The molecule has 60 heavy (non-hydrogen) atoms. The lowest BCUT2D eigenvalue weighted by Crippen LogP contribution is -2.25. The molecule has 0 bridgehead atoms. The average molecular weight is 821 g/mol. The second kappa shape index (κ2) is 20.1. The van der Waals surface area contributed by atoms with Crippen LogP contribution < -0.4 is 28.4 Å². The minimum Gasteiger partial charge on any atom is -0.493 e. The molecule has 4 aromatic carbocycles. The molecular formula is C52H68O8. The molecule has 2 aliphatic carbocycles. The van der Waals surface area contributed by atoms with Crippen LogP contribution in [0.25, 0.3) is 0 Å². The van der Waals surface area contributed by atoms with Gasteiger partial charge in [-0.25, -0.2) is 0 Å². The van der Waals surface area contributed by atoms with Gasteiger partial charge in [0.15, 0.2) is 23.0 Å². The highest BCUT2D eigenvalue weighted by Crippen LogP contribution is 2.42. The van der Waals surface area contributed by atoms with E-state index in [2.05, 4.69) is 50.2 Å². The summed E-state index contributed by atoms with van der Waals surface area (Å²) in [5.41, 5.74) is 9.63. The zero-order chi connectivity index (χ0) is 43.8. The third-order valence-corrected chi connectivity index (χ3v) is 11.7. The summed E-state index contributed by atoms with van der Waals surface area (Å²) in [7, 11) is 6.76. The first-order valence-corrected chi connectivity index (χ1v) is 21.7. The van der Waals surface area contributed by atoms with Gasteiger partial charge in [0, 0.05) is 0 Å². The van der Waals surface area contributed by atoms with Crippen LogP contribution in [-0.2, 0) is 48.1 Å². The Balaban J connectivity index is 0.000000228. The van der Waals surface area contributed by atoms with E-state index in [1.165, 1.54) is 44.5 Å². The van der Waals surface area contributed by atoms with Crippen molar-refractivity contribution in [1.82, 2.24) is 0 Å². The molecule has 0 aliphatic heterocycles. The lowest BCUT2D eigenvalue weighted by Gasteiger charge is -2.28. The molecule has 8 nitrogen and oxygen atoms in total. The van der Waals surface area contributed by atoms with Gasteiger partial charge in [0.25, 0.3) is 0 Å². The maximum Gasteiger partial charge on any atom is 0.316 e. The summed E-state index contributed by atoms with van der Waals surface area (Å²) in [4.78, 5) is 24.4. The van der Waals surface area contributed by atoms with Crippen molar-refractivity contribution in [3.8, 4) is 34.5 Å². The molecule has 6 rings (SSSR count). The number of hydrogen-bond donors (Lipinski definition) is 0. The molecule has 0 saturated heterocycles. The Hall–Kier alpha value is -4.98. The number of ether oxygens (including phenoxy) is 6.